The maximum atomic E-state index is 12.3. The summed E-state index contributed by atoms with van der Waals surface area (Å²) >= 11 is 0. The first-order valence-electron chi connectivity index (χ1n) is 8.78. The Morgan fingerprint density at radius 1 is 1.19 bits per heavy atom. The van der Waals surface area contributed by atoms with E-state index in [-0.39, 0.29) is 5.91 Å². The molecule has 2 rings (SSSR count). The van der Waals surface area contributed by atoms with Crippen LogP contribution >= 0.6 is 0 Å². The largest absolute Gasteiger partial charge is 0.462 e. The highest BCUT2D eigenvalue weighted by atomic mass is 16.5. The molecule has 1 heterocycles. The van der Waals surface area contributed by atoms with Crippen molar-refractivity contribution in [2.75, 3.05) is 18.5 Å². The van der Waals surface area contributed by atoms with Crippen LogP contribution < -0.4 is 10.6 Å². The number of nitrogens with one attached hydrogen (secondary N) is 2. The molecule has 0 aliphatic heterocycles. The van der Waals surface area contributed by atoms with Crippen LogP contribution in [0.4, 0.5) is 11.5 Å². The Balaban J connectivity index is 2.12. The molecule has 2 aromatic rings. The summed E-state index contributed by atoms with van der Waals surface area (Å²) in [6.07, 6.45) is 2.49. The van der Waals surface area contributed by atoms with Crippen molar-refractivity contribution in [3.05, 3.63) is 53.7 Å². The summed E-state index contributed by atoms with van der Waals surface area (Å²) in [6, 6.07) is 10.4. The minimum absolute atomic E-state index is 0.144. The SMILES string of the molecule is CCOC(=O)c1ccccc1Nc1cc(C(=O)NCCC(C)C)ccn1. The molecule has 2 N–H and O–H groups in total. The quantitative estimate of drug-likeness (QED) is 0.705. The van der Waals surface area contributed by atoms with Crippen LogP contribution in [0, 0.1) is 5.92 Å². The van der Waals surface area contributed by atoms with Crippen LogP contribution in [-0.2, 0) is 4.74 Å². The van der Waals surface area contributed by atoms with E-state index in [0.29, 0.717) is 41.7 Å². The molecular weight excluding hydrogens is 330 g/mol. The number of nitrogens with zero attached hydrogens (tertiary/aromatic N) is 1. The maximum absolute atomic E-state index is 12.3. The first-order chi connectivity index (χ1) is 12.5. The number of amides is 1. The third kappa shape index (κ3) is 5.58. The lowest BCUT2D eigenvalue weighted by Crippen LogP contribution is -2.25. The number of esters is 1. The Labute approximate surface area is 154 Å². The van der Waals surface area contributed by atoms with Crippen LogP contribution in [-0.4, -0.2) is 30.0 Å². The molecule has 138 valence electrons. The van der Waals surface area contributed by atoms with Gasteiger partial charge in [0.05, 0.1) is 17.9 Å². The monoisotopic (exact) mass is 355 g/mol. The van der Waals surface area contributed by atoms with Crippen molar-refractivity contribution < 1.29 is 14.3 Å². The number of benzene rings is 1. The van der Waals surface area contributed by atoms with Gasteiger partial charge in [0, 0.05) is 18.3 Å². The molecule has 0 radical (unpaired) electrons. The van der Waals surface area contributed by atoms with Crippen molar-refractivity contribution in [1.29, 1.82) is 0 Å². The van der Waals surface area contributed by atoms with Gasteiger partial charge in [0.1, 0.15) is 5.82 Å². The summed E-state index contributed by atoms with van der Waals surface area (Å²) in [7, 11) is 0. The number of aromatic nitrogens is 1. The van der Waals surface area contributed by atoms with Crippen molar-refractivity contribution in [3.8, 4) is 0 Å². The highest BCUT2D eigenvalue weighted by molar-refractivity contribution is 5.97. The molecule has 0 unspecified atom stereocenters. The first-order valence-corrected chi connectivity index (χ1v) is 8.78. The second kappa shape index (κ2) is 9.56. The third-order valence-corrected chi connectivity index (χ3v) is 3.71. The number of carbonyl (C=O) groups excluding carboxylic acids is 2. The Bertz CT molecular complexity index is 759. The van der Waals surface area contributed by atoms with E-state index in [9.17, 15) is 9.59 Å². The van der Waals surface area contributed by atoms with Gasteiger partial charge in [-0.1, -0.05) is 26.0 Å². The topological polar surface area (TPSA) is 80.3 Å². The summed E-state index contributed by atoms with van der Waals surface area (Å²) in [4.78, 5) is 28.5. The highest BCUT2D eigenvalue weighted by Gasteiger charge is 2.13. The Kier molecular flexibility index (Phi) is 7.14. The van der Waals surface area contributed by atoms with E-state index in [1.54, 1.807) is 43.5 Å². The number of hydrogen-bond donors (Lipinski definition) is 2. The fourth-order valence-electron chi connectivity index (χ4n) is 2.33. The molecule has 6 nitrogen and oxygen atoms in total. The van der Waals surface area contributed by atoms with E-state index in [0.717, 1.165) is 6.42 Å². The van der Waals surface area contributed by atoms with Gasteiger partial charge in [-0.3, -0.25) is 4.79 Å². The van der Waals surface area contributed by atoms with Gasteiger partial charge < -0.3 is 15.4 Å². The van der Waals surface area contributed by atoms with Gasteiger partial charge in [0.25, 0.3) is 5.91 Å². The van der Waals surface area contributed by atoms with Gasteiger partial charge in [-0.25, -0.2) is 9.78 Å². The number of para-hydroxylation sites is 1. The predicted molar refractivity (Wildman–Crippen MR) is 102 cm³/mol. The van der Waals surface area contributed by atoms with Gasteiger partial charge in [-0.2, -0.15) is 0 Å². The smallest absolute Gasteiger partial charge is 0.340 e. The van der Waals surface area contributed by atoms with Crippen molar-refractivity contribution in [2.24, 2.45) is 5.92 Å². The average Bonchev–Trinajstić information content (AvgIpc) is 2.62. The Hall–Kier alpha value is -2.89. The molecule has 0 saturated carbocycles. The number of ether oxygens (including phenoxy) is 1. The van der Waals surface area contributed by atoms with Crippen molar-refractivity contribution in [1.82, 2.24) is 10.3 Å². The van der Waals surface area contributed by atoms with Crippen LogP contribution in [0.3, 0.4) is 0 Å². The van der Waals surface area contributed by atoms with Crippen LogP contribution in [0.25, 0.3) is 0 Å². The van der Waals surface area contributed by atoms with E-state index < -0.39 is 5.97 Å². The minimum atomic E-state index is -0.404. The van der Waals surface area contributed by atoms with Gasteiger partial charge in [-0.15, -0.1) is 0 Å². The highest BCUT2D eigenvalue weighted by Crippen LogP contribution is 2.21. The zero-order chi connectivity index (χ0) is 18.9. The third-order valence-electron chi connectivity index (χ3n) is 3.71. The number of hydrogen-bond acceptors (Lipinski definition) is 5. The molecular formula is C20H25N3O3. The molecule has 0 fully saturated rings. The fourth-order valence-corrected chi connectivity index (χ4v) is 2.33. The second-order valence-corrected chi connectivity index (χ2v) is 6.26. The maximum Gasteiger partial charge on any atom is 0.340 e. The fraction of sp³-hybridized carbons (Fsp3) is 0.350. The first kappa shape index (κ1) is 19.4. The van der Waals surface area contributed by atoms with Gasteiger partial charge >= 0.3 is 5.97 Å². The van der Waals surface area contributed by atoms with Crippen molar-refractivity contribution in [2.45, 2.75) is 27.2 Å². The Morgan fingerprint density at radius 3 is 2.69 bits per heavy atom. The van der Waals surface area contributed by atoms with E-state index in [4.69, 9.17) is 4.74 Å². The number of anilines is 2. The Morgan fingerprint density at radius 2 is 1.96 bits per heavy atom. The normalized spacial score (nSPS) is 10.5. The van der Waals surface area contributed by atoms with Crippen LogP contribution in [0.2, 0.25) is 0 Å². The predicted octanol–water partition coefficient (Wildman–Crippen LogP) is 3.78. The van der Waals surface area contributed by atoms with E-state index in [1.165, 1.54) is 0 Å². The number of carbonyl (C=O) groups is 2. The van der Waals surface area contributed by atoms with Gasteiger partial charge in [0.2, 0.25) is 0 Å². The molecule has 0 atom stereocenters. The number of rotatable bonds is 8. The summed E-state index contributed by atoms with van der Waals surface area (Å²) < 4.78 is 5.07. The summed E-state index contributed by atoms with van der Waals surface area (Å²) in [5, 5.41) is 5.99. The van der Waals surface area contributed by atoms with Crippen LogP contribution in [0.5, 0.6) is 0 Å². The summed E-state index contributed by atoms with van der Waals surface area (Å²) in [6.45, 7) is 6.92. The van der Waals surface area contributed by atoms with Crippen LogP contribution in [0.15, 0.2) is 42.6 Å². The molecule has 1 aromatic carbocycles. The molecule has 0 bridgehead atoms. The minimum Gasteiger partial charge on any atom is -0.462 e. The molecule has 1 aromatic heterocycles. The number of pyridine rings is 1. The lowest BCUT2D eigenvalue weighted by Gasteiger charge is -2.12. The summed E-state index contributed by atoms with van der Waals surface area (Å²) in [5.74, 6) is 0.468. The molecule has 0 aliphatic rings. The molecule has 1 amide bonds. The van der Waals surface area contributed by atoms with E-state index in [2.05, 4.69) is 29.5 Å². The summed E-state index contributed by atoms with van der Waals surface area (Å²) in [5.41, 5.74) is 1.51. The lowest BCUT2D eigenvalue weighted by molar-refractivity contribution is 0.0527. The second-order valence-electron chi connectivity index (χ2n) is 6.26. The zero-order valence-electron chi connectivity index (χ0n) is 15.4. The zero-order valence-corrected chi connectivity index (χ0v) is 15.4. The molecule has 0 spiro atoms. The van der Waals surface area contributed by atoms with Crippen molar-refractivity contribution in [3.63, 3.8) is 0 Å². The standard InChI is InChI=1S/C20H25N3O3/c1-4-26-20(25)16-7-5-6-8-17(16)23-18-13-15(10-12-21-18)19(24)22-11-9-14(2)3/h5-8,10,12-14H,4,9,11H2,1-3H3,(H,21,23)(H,22,24). The van der Waals surface area contributed by atoms with Gasteiger partial charge in [0.15, 0.2) is 0 Å². The van der Waals surface area contributed by atoms with E-state index in [1.807, 2.05) is 6.07 Å². The van der Waals surface area contributed by atoms with Crippen LogP contribution in [0.1, 0.15) is 47.9 Å². The molecule has 0 saturated heterocycles. The molecule has 26 heavy (non-hydrogen) atoms. The lowest BCUT2D eigenvalue weighted by atomic mass is 10.1. The molecule has 6 heteroatoms. The molecule has 0 aliphatic carbocycles. The van der Waals surface area contributed by atoms with Gasteiger partial charge in [-0.05, 0) is 43.5 Å². The van der Waals surface area contributed by atoms with E-state index >= 15 is 0 Å². The van der Waals surface area contributed by atoms with Crippen molar-refractivity contribution >= 4 is 23.4 Å². The average molecular weight is 355 g/mol.